The molecule has 0 saturated carbocycles. The maximum absolute atomic E-state index is 11.7. The molecule has 2 N–H and O–H groups in total. The van der Waals surface area contributed by atoms with Crippen LogP contribution in [0.5, 0.6) is 0 Å². The number of carbonyl (C=O) groups is 1. The van der Waals surface area contributed by atoms with Crippen molar-refractivity contribution < 1.29 is 4.79 Å². The van der Waals surface area contributed by atoms with E-state index in [4.69, 9.17) is 0 Å². The highest BCUT2D eigenvalue weighted by Crippen LogP contribution is 2.15. The minimum atomic E-state index is 0.145. The summed E-state index contributed by atoms with van der Waals surface area (Å²) in [6.45, 7) is 9.88. The molecule has 100 valence electrons. The van der Waals surface area contributed by atoms with Gasteiger partial charge in [0.2, 0.25) is 5.91 Å². The van der Waals surface area contributed by atoms with Gasteiger partial charge in [0.15, 0.2) is 0 Å². The lowest BCUT2D eigenvalue weighted by molar-refractivity contribution is -0.122. The second-order valence-electron chi connectivity index (χ2n) is 5.65. The van der Waals surface area contributed by atoms with Gasteiger partial charge in [-0.3, -0.25) is 9.69 Å². The first kappa shape index (κ1) is 14.5. The highest BCUT2D eigenvalue weighted by atomic mass is 16.2. The third-order valence-corrected chi connectivity index (χ3v) is 3.41. The Morgan fingerprint density at radius 1 is 1.53 bits per heavy atom. The zero-order valence-electron chi connectivity index (χ0n) is 11.6. The summed E-state index contributed by atoms with van der Waals surface area (Å²) in [7, 11) is 2.06. The van der Waals surface area contributed by atoms with Gasteiger partial charge in [0, 0.05) is 12.6 Å². The Morgan fingerprint density at radius 2 is 2.24 bits per heavy atom. The topological polar surface area (TPSA) is 44.4 Å². The average molecular weight is 241 g/mol. The third-order valence-electron chi connectivity index (χ3n) is 3.41. The molecule has 0 aromatic carbocycles. The Morgan fingerprint density at radius 3 is 2.82 bits per heavy atom. The third kappa shape index (κ3) is 5.04. The molecule has 1 aliphatic rings. The molecule has 1 aliphatic heterocycles. The maximum atomic E-state index is 11.7. The first-order valence-electron chi connectivity index (χ1n) is 6.68. The Balaban J connectivity index is 2.31. The minimum Gasteiger partial charge on any atom is -0.355 e. The van der Waals surface area contributed by atoms with Crippen molar-refractivity contribution in [3.8, 4) is 0 Å². The molecule has 17 heavy (non-hydrogen) atoms. The highest BCUT2D eigenvalue weighted by Gasteiger charge is 2.25. The van der Waals surface area contributed by atoms with E-state index in [-0.39, 0.29) is 5.91 Å². The van der Waals surface area contributed by atoms with Crippen molar-refractivity contribution >= 4 is 5.91 Å². The Bertz CT molecular complexity index is 243. The first-order chi connectivity index (χ1) is 8.00. The van der Waals surface area contributed by atoms with Gasteiger partial charge in [-0.2, -0.15) is 0 Å². The molecule has 1 rings (SSSR count). The smallest absolute Gasteiger partial charge is 0.234 e. The van der Waals surface area contributed by atoms with Crippen LogP contribution >= 0.6 is 0 Å². The molecule has 0 aliphatic carbocycles. The summed E-state index contributed by atoms with van der Waals surface area (Å²) < 4.78 is 0. The van der Waals surface area contributed by atoms with Gasteiger partial charge >= 0.3 is 0 Å². The van der Waals surface area contributed by atoms with Crippen molar-refractivity contribution in [3.63, 3.8) is 0 Å². The lowest BCUT2D eigenvalue weighted by Gasteiger charge is -2.36. The van der Waals surface area contributed by atoms with Crippen LogP contribution in [0, 0.1) is 11.8 Å². The van der Waals surface area contributed by atoms with Gasteiger partial charge < -0.3 is 10.6 Å². The summed E-state index contributed by atoms with van der Waals surface area (Å²) in [5.41, 5.74) is 0. The van der Waals surface area contributed by atoms with Crippen LogP contribution in [0.1, 0.15) is 27.2 Å². The molecule has 1 amide bonds. The summed E-state index contributed by atoms with van der Waals surface area (Å²) >= 11 is 0. The predicted octanol–water partition coefficient (Wildman–Crippen LogP) is 0.688. The van der Waals surface area contributed by atoms with Gasteiger partial charge in [-0.05, 0) is 38.4 Å². The number of amides is 1. The molecule has 4 heteroatoms. The summed E-state index contributed by atoms with van der Waals surface area (Å²) in [6, 6.07) is 0.529. The first-order valence-corrected chi connectivity index (χ1v) is 6.68. The number of likely N-dealkylation sites (N-methyl/N-ethyl adjacent to an activating group) is 1. The fraction of sp³-hybridized carbons (Fsp3) is 0.923. The van der Waals surface area contributed by atoms with Crippen LogP contribution < -0.4 is 10.6 Å². The molecular formula is C13H27N3O. The molecule has 0 aromatic rings. The van der Waals surface area contributed by atoms with Crippen LogP contribution in [-0.2, 0) is 4.79 Å². The number of nitrogens with zero attached hydrogens (tertiary/aromatic N) is 1. The number of nitrogens with one attached hydrogen (secondary N) is 2. The lowest BCUT2D eigenvalue weighted by Crippen LogP contribution is -2.50. The van der Waals surface area contributed by atoms with Gasteiger partial charge in [-0.25, -0.2) is 0 Å². The Labute approximate surface area is 105 Å². The largest absolute Gasteiger partial charge is 0.355 e. The van der Waals surface area contributed by atoms with Gasteiger partial charge in [-0.15, -0.1) is 0 Å². The molecule has 2 unspecified atom stereocenters. The van der Waals surface area contributed by atoms with Gasteiger partial charge in [0.1, 0.15) is 0 Å². The zero-order valence-corrected chi connectivity index (χ0v) is 11.6. The van der Waals surface area contributed by atoms with E-state index in [0.717, 1.165) is 26.1 Å². The van der Waals surface area contributed by atoms with Crippen LogP contribution in [0.25, 0.3) is 0 Å². The number of hydrogen-bond donors (Lipinski definition) is 2. The van der Waals surface area contributed by atoms with E-state index in [1.807, 2.05) is 0 Å². The van der Waals surface area contributed by atoms with Gasteiger partial charge in [-0.1, -0.05) is 20.8 Å². The van der Waals surface area contributed by atoms with Crippen LogP contribution in [0.15, 0.2) is 0 Å². The monoisotopic (exact) mass is 241 g/mol. The molecule has 0 radical (unpaired) electrons. The number of carbonyl (C=O) groups excluding carboxylic acids is 1. The van der Waals surface area contributed by atoms with E-state index in [9.17, 15) is 4.79 Å². The lowest BCUT2D eigenvalue weighted by atomic mass is 9.94. The summed E-state index contributed by atoms with van der Waals surface area (Å²) in [5.74, 6) is 1.28. The predicted molar refractivity (Wildman–Crippen MR) is 70.9 cm³/mol. The number of piperidine rings is 1. The SMILES string of the molecule is CC(C)CNC(=O)CN(C)C1CCNCC1C. The molecule has 4 nitrogen and oxygen atoms in total. The fourth-order valence-electron chi connectivity index (χ4n) is 2.37. The molecule has 1 heterocycles. The molecule has 2 atom stereocenters. The van der Waals surface area contributed by atoms with Gasteiger partial charge in [0.05, 0.1) is 6.54 Å². The second-order valence-corrected chi connectivity index (χ2v) is 5.65. The summed E-state index contributed by atoms with van der Waals surface area (Å²) in [4.78, 5) is 13.9. The molecule has 0 spiro atoms. The van der Waals surface area contributed by atoms with Crippen LogP contribution in [-0.4, -0.2) is 50.1 Å². The van der Waals surface area contributed by atoms with E-state index in [2.05, 4.69) is 43.4 Å². The van der Waals surface area contributed by atoms with E-state index in [1.54, 1.807) is 0 Å². The molecule has 1 fully saturated rings. The van der Waals surface area contributed by atoms with E-state index in [1.165, 1.54) is 0 Å². The van der Waals surface area contributed by atoms with Crippen molar-refractivity contribution in [3.05, 3.63) is 0 Å². The Hall–Kier alpha value is -0.610. The molecule has 1 saturated heterocycles. The quantitative estimate of drug-likeness (QED) is 0.744. The Kier molecular flexibility index (Phi) is 5.92. The molecule has 0 aromatic heterocycles. The van der Waals surface area contributed by atoms with Gasteiger partial charge in [0.25, 0.3) is 0 Å². The van der Waals surface area contributed by atoms with E-state index in [0.29, 0.717) is 24.4 Å². The summed E-state index contributed by atoms with van der Waals surface area (Å²) in [6.07, 6.45) is 1.13. The van der Waals surface area contributed by atoms with Crippen LogP contribution in [0.3, 0.4) is 0 Å². The zero-order chi connectivity index (χ0) is 12.8. The van der Waals surface area contributed by atoms with Crippen molar-refractivity contribution in [1.29, 1.82) is 0 Å². The van der Waals surface area contributed by atoms with Crippen molar-refractivity contribution in [1.82, 2.24) is 15.5 Å². The molecular weight excluding hydrogens is 214 g/mol. The van der Waals surface area contributed by atoms with Crippen molar-refractivity contribution in [2.24, 2.45) is 11.8 Å². The highest BCUT2D eigenvalue weighted by molar-refractivity contribution is 5.78. The van der Waals surface area contributed by atoms with Crippen molar-refractivity contribution in [2.45, 2.75) is 33.2 Å². The van der Waals surface area contributed by atoms with Crippen molar-refractivity contribution in [2.75, 3.05) is 33.2 Å². The van der Waals surface area contributed by atoms with Crippen LogP contribution in [0.4, 0.5) is 0 Å². The standard InChI is InChI=1S/C13H27N3O/c1-10(2)7-15-13(17)9-16(4)12-5-6-14-8-11(12)3/h10-12,14H,5-9H2,1-4H3,(H,15,17). The van der Waals surface area contributed by atoms with E-state index >= 15 is 0 Å². The molecule has 0 bridgehead atoms. The van der Waals surface area contributed by atoms with E-state index < -0.39 is 0 Å². The summed E-state index contributed by atoms with van der Waals surface area (Å²) in [5, 5.41) is 6.36. The number of hydrogen-bond acceptors (Lipinski definition) is 3. The average Bonchev–Trinajstić information content (AvgIpc) is 2.26. The number of rotatable bonds is 5. The fourth-order valence-corrected chi connectivity index (χ4v) is 2.37. The normalized spacial score (nSPS) is 25.3. The van der Waals surface area contributed by atoms with Crippen LogP contribution in [0.2, 0.25) is 0 Å². The maximum Gasteiger partial charge on any atom is 0.234 e. The minimum absolute atomic E-state index is 0.145. The second kappa shape index (κ2) is 6.97.